The van der Waals surface area contributed by atoms with E-state index in [1.165, 1.54) is 12.1 Å². The van der Waals surface area contributed by atoms with Crippen LogP contribution in [-0.2, 0) is 9.53 Å². The highest BCUT2D eigenvalue weighted by Crippen LogP contribution is 2.16. The predicted molar refractivity (Wildman–Crippen MR) is 86.2 cm³/mol. The Kier molecular flexibility index (Phi) is 5.15. The summed E-state index contributed by atoms with van der Waals surface area (Å²) in [6.07, 6.45) is 0. The van der Waals surface area contributed by atoms with E-state index < -0.39 is 18.5 Å². The number of amides is 1. The van der Waals surface area contributed by atoms with E-state index in [1.807, 2.05) is 12.1 Å². The van der Waals surface area contributed by atoms with E-state index in [4.69, 9.17) is 4.74 Å². The van der Waals surface area contributed by atoms with Crippen LogP contribution in [0, 0.1) is 3.57 Å². The Labute approximate surface area is 135 Å². The summed E-state index contributed by atoms with van der Waals surface area (Å²) in [7, 11) is 0. The van der Waals surface area contributed by atoms with Crippen molar-refractivity contribution in [3.05, 3.63) is 57.7 Å². The number of aromatic hydroxyl groups is 1. The second kappa shape index (κ2) is 7.07. The lowest BCUT2D eigenvalue weighted by atomic mass is 10.2. The lowest BCUT2D eigenvalue weighted by Crippen LogP contribution is -2.21. The van der Waals surface area contributed by atoms with Gasteiger partial charge in [0.15, 0.2) is 6.61 Å². The van der Waals surface area contributed by atoms with Crippen molar-refractivity contribution in [3.8, 4) is 5.75 Å². The molecule has 21 heavy (non-hydrogen) atoms. The van der Waals surface area contributed by atoms with Gasteiger partial charge in [-0.1, -0.05) is 18.2 Å². The summed E-state index contributed by atoms with van der Waals surface area (Å²) in [5, 5.41) is 12.1. The molecule has 0 saturated carbocycles. The van der Waals surface area contributed by atoms with Crippen LogP contribution < -0.4 is 5.32 Å². The number of phenols is 1. The first-order valence-corrected chi connectivity index (χ1v) is 7.14. The molecule has 0 atom stereocenters. The van der Waals surface area contributed by atoms with Crippen molar-refractivity contribution < 1.29 is 19.4 Å². The standard InChI is InChI=1S/C15H12INO4/c16-10-4-3-5-11(8-10)17-14(19)9-21-15(20)12-6-1-2-7-13(12)18/h1-8,18H,9H2,(H,17,19). The van der Waals surface area contributed by atoms with Crippen LogP contribution in [0.25, 0.3) is 0 Å². The second-order valence-corrected chi connectivity index (χ2v) is 5.40. The maximum Gasteiger partial charge on any atom is 0.342 e. The number of halogens is 1. The number of ether oxygens (including phenoxy) is 1. The molecular formula is C15H12INO4. The minimum Gasteiger partial charge on any atom is -0.507 e. The molecule has 6 heteroatoms. The largest absolute Gasteiger partial charge is 0.507 e. The molecule has 2 aromatic rings. The fraction of sp³-hybridized carbons (Fsp3) is 0.0667. The molecule has 2 rings (SSSR count). The Hall–Kier alpha value is -2.09. The molecule has 0 bridgehead atoms. The number of rotatable bonds is 4. The Balaban J connectivity index is 1.90. The van der Waals surface area contributed by atoms with E-state index in [0.717, 1.165) is 3.57 Å². The molecule has 0 spiro atoms. The number of phenolic OH excluding ortho intramolecular Hbond substituents is 1. The summed E-state index contributed by atoms with van der Waals surface area (Å²) < 4.78 is 5.84. The third kappa shape index (κ3) is 4.45. The first-order chi connectivity index (χ1) is 10.1. The number of para-hydroxylation sites is 1. The van der Waals surface area contributed by atoms with Crippen LogP contribution >= 0.6 is 22.6 Å². The van der Waals surface area contributed by atoms with E-state index in [2.05, 4.69) is 27.9 Å². The maximum absolute atomic E-state index is 11.7. The van der Waals surface area contributed by atoms with Crippen molar-refractivity contribution in [2.45, 2.75) is 0 Å². The molecule has 0 saturated heterocycles. The molecule has 1 amide bonds. The SMILES string of the molecule is O=C(COC(=O)c1ccccc1O)Nc1cccc(I)c1. The van der Waals surface area contributed by atoms with Crippen LogP contribution in [-0.4, -0.2) is 23.6 Å². The highest BCUT2D eigenvalue weighted by molar-refractivity contribution is 14.1. The van der Waals surface area contributed by atoms with E-state index in [0.29, 0.717) is 5.69 Å². The van der Waals surface area contributed by atoms with Gasteiger partial charge in [0.05, 0.1) is 0 Å². The highest BCUT2D eigenvalue weighted by atomic mass is 127. The smallest absolute Gasteiger partial charge is 0.342 e. The molecule has 2 aromatic carbocycles. The first kappa shape index (κ1) is 15.3. The summed E-state index contributed by atoms with van der Waals surface area (Å²) in [4.78, 5) is 23.4. The van der Waals surface area contributed by atoms with Crippen LogP contribution in [0.4, 0.5) is 5.69 Å². The van der Waals surface area contributed by atoms with Gasteiger partial charge in [-0.05, 0) is 52.9 Å². The Bertz CT molecular complexity index is 672. The lowest BCUT2D eigenvalue weighted by molar-refractivity contribution is -0.119. The molecule has 5 nitrogen and oxygen atoms in total. The van der Waals surface area contributed by atoms with E-state index in [1.54, 1.807) is 24.3 Å². The zero-order valence-corrected chi connectivity index (χ0v) is 13.0. The number of carbonyl (C=O) groups excluding carboxylic acids is 2. The van der Waals surface area contributed by atoms with E-state index in [9.17, 15) is 14.7 Å². The van der Waals surface area contributed by atoms with Gasteiger partial charge in [0.1, 0.15) is 11.3 Å². The number of benzene rings is 2. The van der Waals surface area contributed by atoms with Gasteiger partial charge in [-0.3, -0.25) is 4.79 Å². The fourth-order valence-electron chi connectivity index (χ4n) is 1.62. The number of hydrogen-bond acceptors (Lipinski definition) is 4. The molecule has 0 aromatic heterocycles. The Morgan fingerprint density at radius 1 is 1.14 bits per heavy atom. The van der Waals surface area contributed by atoms with Crippen molar-refractivity contribution in [2.75, 3.05) is 11.9 Å². The molecule has 0 aliphatic heterocycles. The summed E-state index contributed by atoms with van der Waals surface area (Å²) in [6, 6.07) is 13.2. The minimum atomic E-state index is -0.745. The van der Waals surface area contributed by atoms with Gasteiger partial charge >= 0.3 is 5.97 Å². The zero-order chi connectivity index (χ0) is 15.2. The van der Waals surface area contributed by atoms with Crippen LogP contribution in [0.2, 0.25) is 0 Å². The minimum absolute atomic E-state index is 0.0274. The molecule has 0 aliphatic rings. The Morgan fingerprint density at radius 2 is 1.90 bits per heavy atom. The molecule has 0 radical (unpaired) electrons. The number of nitrogens with one attached hydrogen (secondary N) is 1. The molecule has 0 fully saturated rings. The van der Waals surface area contributed by atoms with Crippen molar-refractivity contribution in [3.63, 3.8) is 0 Å². The first-order valence-electron chi connectivity index (χ1n) is 6.07. The molecule has 0 heterocycles. The van der Waals surface area contributed by atoms with Crippen LogP contribution in [0.3, 0.4) is 0 Å². The summed E-state index contributed by atoms with van der Waals surface area (Å²) in [5.74, 6) is -1.37. The zero-order valence-electron chi connectivity index (χ0n) is 10.9. The normalized spacial score (nSPS) is 9.95. The van der Waals surface area contributed by atoms with Gasteiger partial charge < -0.3 is 15.2 Å². The molecule has 108 valence electrons. The molecule has 0 aliphatic carbocycles. The average Bonchev–Trinajstić information content (AvgIpc) is 2.45. The fourth-order valence-corrected chi connectivity index (χ4v) is 2.16. The number of carbonyl (C=O) groups is 2. The van der Waals surface area contributed by atoms with Gasteiger partial charge in [0, 0.05) is 9.26 Å². The Morgan fingerprint density at radius 3 is 2.62 bits per heavy atom. The molecular weight excluding hydrogens is 385 g/mol. The van der Waals surface area contributed by atoms with Gasteiger partial charge in [-0.15, -0.1) is 0 Å². The van der Waals surface area contributed by atoms with Gasteiger partial charge in [0.25, 0.3) is 5.91 Å². The average molecular weight is 397 g/mol. The van der Waals surface area contributed by atoms with E-state index in [-0.39, 0.29) is 11.3 Å². The maximum atomic E-state index is 11.7. The van der Waals surface area contributed by atoms with Gasteiger partial charge in [-0.25, -0.2) is 4.79 Å². The van der Waals surface area contributed by atoms with Crippen LogP contribution in [0.1, 0.15) is 10.4 Å². The van der Waals surface area contributed by atoms with Crippen molar-refractivity contribution >= 4 is 40.2 Å². The molecule has 2 N–H and O–H groups in total. The van der Waals surface area contributed by atoms with Crippen LogP contribution in [0.5, 0.6) is 5.75 Å². The summed E-state index contributed by atoms with van der Waals surface area (Å²) >= 11 is 2.13. The lowest BCUT2D eigenvalue weighted by Gasteiger charge is -2.07. The second-order valence-electron chi connectivity index (χ2n) is 4.15. The monoisotopic (exact) mass is 397 g/mol. The number of hydrogen-bond donors (Lipinski definition) is 2. The van der Waals surface area contributed by atoms with Crippen molar-refractivity contribution in [1.29, 1.82) is 0 Å². The third-order valence-corrected chi connectivity index (χ3v) is 3.24. The molecule has 0 unspecified atom stereocenters. The van der Waals surface area contributed by atoms with Crippen molar-refractivity contribution in [2.24, 2.45) is 0 Å². The van der Waals surface area contributed by atoms with Crippen molar-refractivity contribution in [1.82, 2.24) is 0 Å². The quantitative estimate of drug-likeness (QED) is 0.615. The topological polar surface area (TPSA) is 75.6 Å². The number of anilines is 1. The highest BCUT2D eigenvalue weighted by Gasteiger charge is 2.13. The van der Waals surface area contributed by atoms with Gasteiger partial charge in [0.2, 0.25) is 0 Å². The van der Waals surface area contributed by atoms with Gasteiger partial charge in [-0.2, -0.15) is 0 Å². The predicted octanol–water partition coefficient (Wildman–Crippen LogP) is 2.79. The number of esters is 1. The summed E-state index contributed by atoms with van der Waals surface area (Å²) in [6.45, 7) is -0.418. The third-order valence-electron chi connectivity index (χ3n) is 2.57. The summed E-state index contributed by atoms with van der Waals surface area (Å²) in [5.41, 5.74) is 0.657. The van der Waals surface area contributed by atoms with Crippen LogP contribution in [0.15, 0.2) is 48.5 Å². The van der Waals surface area contributed by atoms with E-state index >= 15 is 0 Å².